The van der Waals surface area contributed by atoms with Crippen molar-refractivity contribution in [1.29, 1.82) is 0 Å². The third-order valence-electron chi connectivity index (χ3n) is 5.81. The number of carbonyl (C=O) groups is 2. The Bertz CT molecular complexity index is 1090. The van der Waals surface area contributed by atoms with Crippen molar-refractivity contribution in [1.82, 2.24) is 9.97 Å². The molecule has 1 fully saturated rings. The average molecular weight is 431 g/mol. The Morgan fingerprint density at radius 1 is 1.26 bits per heavy atom. The third-order valence-corrected chi connectivity index (χ3v) is 5.81. The first-order valence-electron chi connectivity index (χ1n) is 10.3. The Hall–Kier alpha value is -3.30. The van der Waals surface area contributed by atoms with Crippen molar-refractivity contribution in [3.63, 3.8) is 0 Å². The summed E-state index contributed by atoms with van der Waals surface area (Å²) in [7, 11) is 0. The number of anilines is 3. The minimum absolute atomic E-state index is 0.0246. The van der Waals surface area contributed by atoms with E-state index in [0.717, 1.165) is 44.4 Å². The van der Waals surface area contributed by atoms with E-state index >= 15 is 0 Å². The lowest BCUT2D eigenvalue weighted by Crippen LogP contribution is -2.43. The zero-order valence-corrected chi connectivity index (χ0v) is 17.0. The number of rotatable bonds is 4. The minimum atomic E-state index is -1.12. The van der Waals surface area contributed by atoms with E-state index < -0.39 is 34.9 Å². The molecule has 0 radical (unpaired) electrons. The molecule has 31 heavy (non-hydrogen) atoms. The quantitative estimate of drug-likeness (QED) is 0.690. The van der Waals surface area contributed by atoms with Crippen molar-refractivity contribution in [2.75, 3.05) is 22.1 Å². The van der Waals surface area contributed by atoms with E-state index in [9.17, 15) is 23.2 Å². The van der Waals surface area contributed by atoms with Gasteiger partial charge in [0.15, 0.2) is 11.6 Å². The van der Waals surface area contributed by atoms with Gasteiger partial charge < -0.3 is 15.5 Å². The van der Waals surface area contributed by atoms with Gasteiger partial charge in [-0.25, -0.2) is 8.78 Å². The highest BCUT2D eigenvalue weighted by atomic mass is 19.2. The molecule has 164 valence electrons. The van der Waals surface area contributed by atoms with E-state index in [2.05, 4.69) is 27.5 Å². The third kappa shape index (κ3) is 4.14. The standard InChI is InChI=1S/C21H23F2N5O3/c1-2-12-5-3-4-8-28(12)21-26-18-17(20(31)27-21)13(10-16(29)25-18)19(30)24-11-6-7-14(22)15(23)9-11/h6-7,9,12-13H,2-5,8,10H2,1H3,(H,24,30)(H2,25,26,27,29,31)/t12-,13+/m0/s1. The molecule has 10 heteroatoms. The van der Waals surface area contributed by atoms with Crippen LogP contribution in [0, 0.1) is 11.6 Å². The number of aromatic amines is 1. The van der Waals surface area contributed by atoms with Crippen molar-refractivity contribution >= 4 is 29.3 Å². The molecular formula is C21H23F2N5O3. The molecule has 1 saturated heterocycles. The van der Waals surface area contributed by atoms with E-state index in [-0.39, 0.29) is 29.5 Å². The lowest BCUT2D eigenvalue weighted by atomic mass is 9.92. The van der Waals surface area contributed by atoms with Crippen molar-refractivity contribution in [2.45, 2.75) is 51.0 Å². The summed E-state index contributed by atoms with van der Waals surface area (Å²) in [5, 5.41) is 5.04. The molecule has 0 aliphatic carbocycles. The number of H-pyrrole nitrogens is 1. The average Bonchev–Trinajstić information content (AvgIpc) is 2.75. The fraction of sp³-hybridized carbons (Fsp3) is 0.429. The summed E-state index contributed by atoms with van der Waals surface area (Å²) >= 11 is 0. The normalized spacial score (nSPS) is 20.7. The number of halogens is 2. The number of fused-ring (bicyclic) bond motifs is 1. The molecular weight excluding hydrogens is 408 g/mol. The fourth-order valence-corrected chi connectivity index (χ4v) is 4.23. The number of hydrogen-bond acceptors (Lipinski definition) is 5. The number of nitrogens with zero attached hydrogens (tertiary/aromatic N) is 2. The van der Waals surface area contributed by atoms with Gasteiger partial charge in [-0.05, 0) is 37.8 Å². The Labute approximate surface area is 177 Å². The van der Waals surface area contributed by atoms with E-state index in [1.807, 2.05) is 4.90 Å². The first kappa shape index (κ1) is 21.0. The predicted octanol–water partition coefficient (Wildman–Crippen LogP) is 2.88. The smallest absolute Gasteiger partial charge is 0.258 e. The molecule has 2 aliphatic heterocycles. The van der Waals surface area contributed by atoms with Crippen LogP contribution in [0.5, 0.6) is 0 Å². The summed E-state index contributed by atoms with van der Waals surface area (Å²) in [6.07, 6.45) is 3.71. The second-order valence-corrected chi connectivity index (χ2v) is 7.83. The number of carbonyl (C=O) groups excluding carboxylic acids is 2. The van der Waals surface area contributed by atoms with Crippen molar-refractivity contribution in [3.05, 3.63) is 45.8 Å². The first-order chi connectivity index (χ1) is 14.9. The van der Waals surface area contributed by atoms with E-state index in [1.54, 1.807) is 0 Å². The van der Waals surface area contributed by atoms with E-state index in [4.69, 9.17) is 0 Å². The van der Waals surface area contributed by atoms with Gasteiger partial charge in [-0.2, -0.15) is 4.98 Å². The molecule has 2 amide bonds. The van der Waals surface area contributed by atoms with Crippen LogP contribution >= 0.6 is 0 Å². The number of aromatic nitrogens is 2. The van der Waals surface area contributed by atoms with E-state index in [0.29, 0.717) is 5.95 Å². The topological polar surface area (TPSA) is 107 Å². The van der Waals surface area contributed by atoms with Gasteiger partial charge in [0.1, 0.15) is 5.82 Å². The number of nitrogens with one attached hydrogen (secondary N) is 3. The molecule has 2 aromatic rings. The minimum Gasteiger partial charge on any atom is -0.339 e. The highest BCUT2D eigenvalue weighted by Crippen LogP contribution is 2.31. The SMILES string of the molecule is CC[C@H]1CCCCN1c1nc2c(c(=O)[nH]1)[C@H](C(=O)Nc1ccc(F)c(F)c1)CC(=O)N2. The Kier molecular flexibility index (Phi) is 5.71. The lowest BCUT2D eigenvalue weighted by molar-refractivity contribution is -0.123. The van der Waals surface area contributed by atoms with Gasteiger partial charge in [0, 0.05) is 30.8 Å². The molecule has 1 aromatic heterocycles. The molecule has 0 bridgehead atoms. The second kappa shape index (κ2) is 8.44. The van der Waals surface area contributed by atoms with Crippen LogP contribution in [0.15, 0.2) is 23.0 Å². The van der Waals surface area contributed by atoms with Crippen molar-refractivity contribution < 1.29 is 18.4 Å². The number of amides is 2. The van der Waals surface area contributed by atoms with Crippen molar-refractivity contribution in [3.8, 4) is 0 Å². The first-order valence-corrected chi connectivity index (χ1v) is 10.3. The highest BCUT2D eigenvalue weighted by molar-refractivity contribution is 6.04. The molecule has 2 atom stereocenters. The van der Waals surface area contributed by atoms with Gasteiger partial charge in [0.05, 0.1) is 11.5 Å². The Balaban J connectivity index is 1.65. The van der Waals surface area contributed by atoms with Crippen LogP contribution in [0.2, 0.25) is 0 Å². The maximum absolute atomic E-state index is 13.5. The summed E-state index contributed by atoms with van der Waals surface area (Å²) in [5.41, 5.74) is -0.434. The molecule has 3 heterocycles. The van der Waals surface area contributed by atoms with Gasteiger partial charge in [-0.15, -0.1) is 0 Å². The van der Waals surface area contributed by atoms with Crippen LogP contribution in [-0.2, 0) is 9.59 Å². The number of hydrogen-bond donors (Lipinski definition) is 3. The summed E-state index contributed by atoms with van der Waals surface area (Å²) < 4.78 is 26.6. The van der Waals surface area contributed by atoms with Gasteiger partial charge in [0.25, 0.3) is 5.56 Å². The largest absolute Gasteiger partial charge is 0.339 e. The van der Waals surface area contributed by atoms with Crippen LogP contribution < -0.4 is 21.1 Å². The molecule has 4 rings (SSSR count). The molecule has 0 unspecified atom stereocenters. The molecule has 1 aromatic carbocycles. The Morgan fingerprint density at radius 3 is 2.81 bits per heavy atom. The maximum atomic E-state index is 13.5. The molecule has 0 spiro atoms. The van der Waals surface area contributed by atoms with Gasteiger partial charge >= 0.3 is 0 Å². The molecule has 8 nitrogen and oxygen atoms in total. The molecule has 0 saturated carbocycles. The number of piperidine rings is 1. The number of benzene rings is 1. The summed E-state index contributed by atoms with van der Waals surface area (Å²) in [4.78, 5) is 47.2. The zero-order chi connectivity index (χ0) is 22.1. The fourth-order valence-electron chi connectivity index (χ4n) is 4.23. The maximum Gasteiger partial charge on any atom is 0.258 e. The van der Waals surface area contributed by atoms with Crippen LogP contribution in [0.1, 0.15) is 50.5 Å². The lowest BCUT2D eigenvalue weighted by Gasteiger charge is -2.36. The Morgan fingerprint density at radius 2 is 2.06 bits per heavy atom. The van der Waals surface area contributed by atoms with Crippen LogP contribution in [0.4, 0.5) is 26.2 Å². The monoisotopic (exact) mass is 431 g/mol. The summed E-state index contributed by atoms with van der Waals surface area (Å²) in [5.74, 6) is -3.96. The van der Waals surface area contributed by atoms with Crippen LogP contribution in [0.25, 0.3) is 0 Å². The van der Waals surface area contributed by atoms with Gasteiger partial charge in [0.2, 0.25) is 17.8 Å². The second-order valence-electron chi connectivity index (χ2n) is 7.83. The highest BCUT2D eigenvalue weighted by Gasteiger charge is 2.36. The molecule has 3 N–H and O–H groups in total. The molecule has 2 aliphatic rings. The van der Waals surface area contributed by atoms with Crippen LogP contribution in [0.3, 0.4) is 0 Å². The van der Waals surface area contributed by atoms with Gasteiger partial charge in [-0.3, -0.25) is 19.4 Å². The van der Waals surface area contributed by atoms with Crippen LogP contribution in [-0.4, -0.2) is 34.4 Å². The summed E-state index contributed by atoms with van der Waals surface area (Å²) in [6, 6.07) is 3.16. The predicted molar refractivity (Wildman–Crippen MR) is 111 cm³/mol. The summed E-state index contributed by atoms with van der Waals surface area (Å²) in [6.45, 7) is 2.81. The van der Waals surface area contributed by atoms with Gasteiger partial charge in [-0.1, -0.05) is 6.92 Å². The van der Waals surface area contributed by atoms with E-state index in [1.165, 1.54) is 6.07 Å². The van der Waals surface area contributed by atoms with Crippen molar-refractivity contribution in [2.24, 2.45) is 0 Å². The zero-order valence-electron chi connectivity index (χ0n) is 17.0.